The largest absolute Gasteiger partial charge is 0.489 e. The lowest BCUT2D eigenvalue weighted by Crippen LogP contribution is -2.51. The van der Waals surface area contributed by atoms with Gasteiger partial charge in [0, 0.05) is 23.0 Å². The maximum Gasteiger partial charge on any atom is 0.255 e. The van der Waals surface area contributed by atoms with E-state index < -0.39 is 0 Å². The molecule has 3 aromatic rings. The molecule has 1 saturated carbocycles. The van der Waals surface area contributed by atoms with E-state index in [2.05, 4.69) is 49.2 Å². The number of pyridine rings is 1. The number of benzene rings is 2. The molecule has 1 atom stereocenters. The van der Waals surface area contributed by atoms with Crippen LogP contribution in [0.1, 0.15) is 45.1 Å². The minimum atomic E-state index is -0.145. The minimum Gasteiger partial charge on any atom is -0.489 e. The number of nitrogens with one attached hydrogen (secondary N) is 1. The number of aromatic amines is 1. The molecular formula is C25H29ClN2O2. The van der Waals surface area contributed by atoms with Crippen molar-refractivity contribution < 1.29 is 4.74 Å². The highest BCUT2D eigenvalue weighted by Crippen LogP contribution is 2.44. The van der Waals surface area contributed by atoms with Gasteiger partial charge in [-0.1, -0.05) is 55.8 Å². The fourth-order valence-corrected chi connectivity index (χ4v) is 5.11. The van der Waals surface area contributed by atoms with Crippen LogP contribution in [0.4, 0.5) is 0 Å². The molecule has 1 aliphatic carbocycles. The highest BCUT2D eigenvalue weighted by molar-refractivity contribution is 6.32. The molecule has 0 aliphatic heterocycles. The second-order valence-electron chi connectivity index (χ2n) is 8.79. The van der Waals surface area contributed by atoms with Crippen LogP contribution in [0.3, 0.4) is 0 Å². The van der Waals surface area contributed by atoms with E-state index in [1.165, 1.54) is 5.56 Å². The van der Waals surface area contributed by atoms with Crippen LogP contribution in [0.15, 0.2) is 59.5 Å². The van der Waals surface area contributed by atoms with Crippen LogP contribution < -0.4 is 16.0 Å². The molecule has 5 heteroatoms. The van der Waals surface area contributed by atoms with Crippen molar-refractivity contribution in [3.05, 3.63) is 75.7 Å². The third-order valence-corrected chi connectivity index (χ3v) is 6.94. The van der Waals surface area contributed by atoms with Crippen molar-refractivity contribution >= 4 is 22.4 Å². The van der Waals surface area contributed by atoms with Crippen molar-refractivity contribution in [1.29, 1.82) is 0 Å². The van der Waals surface area contributed by atoms with E-state index >= 15 is 0 Å². The lowest BCUT2D eigenvalue weighted by Gasteiger charge is -2.46. The summed E-state index contributed by atoms with van der Waals surface area (Å²) in [6, 6.07) is 16.2. The Kier molecular flexibility index (Phi) is 5.90. The highest BCUT2D eigenvalue weighted by atomic mass is 35.5. The number of aromatic nitrogens is 1. The zero-order valence-corrected chi connectivity index (χ0v) is 18.3. The Hall–Kier alpha value is -2.30. The van der Waals surface area contributed by atoms with Gasteiger partial charge in [0.25, 0.3) is 5.56 Å². The summed E-state index contributed by atoms with van der Waals surface area (Å²) in [5.74, 6) is 1.04. The van der Waals surface area contributed by atoms with Crippen molar-refractivity contribution in [2.45, 2.75) is 57.1 Å². The summed E-state index contributed by atoms with van der Waals surface area (Å²) in [4.78, 5) is 14.7. The first-order chi connectivity index (χ1) is 14.4. The third kappa shape index (κ3) is 3.86. The Bertz CT molecular complexity index is 1070. The number of ether oxygens (including phenoxy) is 1. The molecule has 30 heavy (non-hydrogen) atoms. The van der Waals surface area contributed by atoms with Crippen molar-refractivity contribution in [1.82, 2.24) is 4.98 Å². The van der Waals surface area contributed by atoms with Gasteiger partial charge in [-0.25, -0.2) is 0 Å². The monoisotopic (exact) mass is 424 g/mol. The van der Waals surface area contributed by atoms with Crippen molar-refractivity contribution in [3.8, 4) is 5.75 Å². The molecule has 0 saturated heterocycles. The fourth-order valence-electron chi connectivity index (χ4n) is 4.91. The summed E-state index contributed by atoms with van der Waals surface area (Å²) >= 11 is 6.44. The Balaban J connectivity index is 1.56. The first-order valence-corrected chi connectivity index (χ1v) is 11.1. The van der Waals surface area contributed by atoms with Gasteiger partial charge >= 0.3 is 0 Å². The first kappa shape index (κ1) is 21.0. The summed E-state index contributed by atoms with van der Waals surface area (Å²) in [7, 11) is 0. The molecule has 0 bridgehead atoms. The summed E-state index contributed by atoms with van der Waals surface area (Å²) in [5.41, 5.74) is 7.91. The topological polar surface area (TPSA) is 68.1 Å². The molecule has 1 fully saturated rings. The van der Waals surface area contributed by atoms with Crippen molar-refractivity contribution in [3.63, 3.8) is 0 Å². The standard InChI is InChI=1S/C25H29ClN2O2/c1-16(2)23(27)25(18-6-4-3-5-7-18)11-8-19(9-12-25)30-22-14-17-10-13-28-24(29)20(17)15-21(22)26/h3-7,10,13-16,19,23H,8-9,11-12,27H2,1-2H3,(H,28,29)/t19?,23-,25?/m1/s1. The van der Waals surface area contributed by atoms with Gasteiger partial charge in [0.2, 0.25) is 0 Å². The molecule has 4 rings (SSSR count). The van der Waals surface area contributed by atoms with Crippen molar-refractivity contribution in [2.75, 3.05) is 0 Å². The molecule has 0 spiro atoms. The predicted octanol–water partition coefficient (Wildman–Crippen LogP) is 5.42. The molecule has 0 radical (unpaired) electrons. The minimum absolute atomic E-state index is 0.0320. The number of halogens is 1. The maximum atomic E-state index is 12.0. The Morgan fingerprint density at radius 2 is 1.83 bits per heavy atom. The van der Waals surface area contributed by atoms with E-state index in [1.54, 1.807) is 12.3 Å². The second kappa shape index (κ2) is 8.44. The van der Waals surface area contributed by atoms with Crippen LogP contribution in [-0.4, -0.2) is 17.1 Å². The van der Waals surface area contributed by atoms with Gasteiger partial charge in [-0.3, -0.25) is 4.79 Å². The van der Waals surface area contributed by atoms with Gasteiger partial charge in [0.1, 0.15) is 5.75 Å². The molecule has 1 aromatic heterocycles. The van der Waals surface area contributed by atoms with E-state index in [-0.39, 0.29) is 23.1 Å². The number of hydrogen-bond donors (Lipinski definition) is 2. The molecule has 1 heterocycles. The Labute approximate surface area is 182 Å². The Morgan fingerprint density at radius 1 is 1.13 bits per heavy atom. The summed E-state index contributed by atoms with van der Waals surface area (Å²) in [6.07, 6.45) is 5.51. The van der Waals surface area contributed by atoms with Gasteiger partial charge < -0.3 is 15.5 Å². The van der Waals surface area contributed by atoms with Gasteiger partial charge in [-0.2, -0.15) is 0 Å². The smallest absolute Gasteiger partial charge is 0.255 e. The van der Waals surface area contributed by atoms with Crippen LogP contribution in [0.5, 0.6) is 5.75 Å². The molecular weight excluding hydrogens is 396 g/mol. The van der Waals surface area contributed by atoms with Crippen LogP contribution in [0.2, 0.25) is 5.02 Å². The second-order valence-corrected chi connectivity index (χ2v) is 9.19. The van der Waals surface area contributed by atoms with E-state index in [9.17, 15) is 4.79 Å². The number of fused-ring (bicyclic) bond motifs is 1. The summed E-state index contributed by atoms with van der Waals surface area (Å²) in [6.45, 7) is 4.41. The van der Waals surface area contributed by atoms with Gasteiger partial charge in [0.15, 0.2) is 0 Å². The van der Waals surface area contributed by atoms with Gasteiger partial charge in [-0.05, 0) is 60.7 Å². The molecule has 1 aliphatic rings. The Morgan fingerprint density at radius 3 is 2.50 bits per heavy atom. The van der Waals surface area contributed by atoms with Crippen LogP contribution in [0, 0.1) is 5.92 Å². The number of nitrogens with two attached hydrogens (primary N) is 1. The lowest BCUT2D eigenvalue weighted by molar-refractivity contribution is 0.0959. The average molecular weight is 425 g/mol. The zero-order chi connectivity index (χ0) is 21.3. The first-order valence-electron chi connectivity index (χ1n) is 10.7. The average Bonchev–Trinajstić information content (AvgIpc) is 2.76. The lowest BCUT2D eigenvalue weighted by atomic mass is 9.62. The number of hydrogen-bond acceptors (Lipinski definition) is 3. The van der Waals surface area contributed by atoms with E-state index in [4.69, 9.17) is 22.1 Å². The summed E-state index contributed by atoms with van der Waals surface area (Å²) in [5, 5.41) is 1.87. The molecule has 4 nitrogen and oxygen atoms in total. The highest BCUT2D eigenvalue weighted by Gasteiger charge is 2.43. The van der Waals surface area contributed by atoms with E-state index in [1.807, 2.05) is 12.1 Å². The maximum absolute atomic E-state index is 12.0. The fraction of sp³-hybridized carbons (Fsp3) is 0.400. The quantitative estimate of drug-likeness (QED) is 0.574. The molecule has 3 N–H and O–H groups in total. The van der Waals surface area contributed by atoms with Gasteiger partial charge in [0.05, 0.1) is 11.1 Å². The number of rotatable bonds is 5. The molecule has 0 unspecified atom stereocenters. The van der Waals surface area contributed by atoms with E-state index in [0.29, 0.717) is 22.1 Å². The summed E-state index contributed by atoms with van der Waals surface area (Å²) < 4.78 is 6.32. The third-order valence-electron chi connectivity index (χ3n) is 6.65. The van der Waals surface area contributed by atoms with E-state index in [0.717, 1.165) is 31.1 Å². The molecule has 158 valence electrons. The van der Waals surface area contributed by atoms with Crippen LogP contribution >= 0.6 is 11.6 Å². The van der Waals surface area contributed by atoms with Crippen LogP contribution in [0.25, 0.3) is 10.8 Å². The zero-order valence-electron chi connectivity index (χ0n) is 17.5. The molecule has 2 aromatic carbocycles. The SMILES string of the molecule is CC(C)[C@@H](N)C1(c2ccccc2)CCC(Oc2cc3cc[nH]c(=O)c3cc2Cl)CC1. The number of H-pyrrole nitrogens is 1. The molecule has 0 amide bonds. The normalized spacial score (nSPS) is 22.9. The van der Waals surface area contributed by atoms with Crippen molar-refractivity contribution in [2.24, 2.45) is 11.7 Å². The van der Waals surface area contributed by atoms with Gasteiger partial charge in [-0.15, -0.1) is 0 Å². The van der Waals surface area contributed by atoms with Crippen LogP contribution in [-0.2, 0) is 5.41 Å². The predicted molar refractivity (Wildman–Crippen MR) is 123 cm³/mol.